The second kappa shape index (κ2) is 4.69. The lowest BCUT2D eigenvalue weighted by atomic mass is 9.48. The molecule has 5 unspecified atom stereocenters. The Morgan fingerprint density at radius 2 is 2.11 bits per heavy atom. The van der Waals surface area contributed by atoms with Crippen LogP contribution in [0, 0.1) is 17.3 Å². The summed E-state index contributed by atoms with van der Waals surface area (Å²) in [6.45, 7) is 10.3. The molecule has 3 N–H and O–H groups in total. The van der Waals surface area contributed by atoms with Crippen molar-refractivity contribution in [3.05, 3.63) is 0 Å². The van der Waals surface area contributed by atoms with Crippen LogP contribution in [0.15, 0.2) is 0 Å². The molecular weight excluding hydrogens is 240 g/mol. The highest BCUT2D eigenvalue weighted by Crippen LogP contribution is 2.57. The Hall–Kier alpha value is -0.160. The third-order valence-electron chi connectivity index (χ3n) is 6.05. The van der Waals surface area contributed by atoms with Crippen LogP contribution in [0.1, 0.15) is 33.6 Å². The fraction of sp³-hybridized carbons (Fsp3) is 1.00. The summed E-state index contributed by atoms with van der Waals surface area (Å²) in [6, 6.07) is 0.486. The molecule has 19 heavy (non-hydrogen) atoms. The molecular formula is C15H28N2O2. The molecule has 3 aliphatic rings. The summed E-state index contributed by atoms with van der Waals surface area (Å²) in [6.07, 6.45) is 2.65. The normalized spacial score (nSPS) is 45.8. The molecule has 0 amide bonds. The van der Waals surface area contributed by atoms with Gasteiger partial charge in [-0.15, -0.1) is 0 Å². The van der Waals surface area contributed by atoms with Gasteiger partial charge in [0, 0.05) is 42.7 Å². The number of rotatable bonds is 4. The van der Waals surface area contributed by atoms with Crippen molar-refractivity contribution in [1.29, 1.82) is 0 Å². The molecule has 1 aliphatic carbocycles. The molecule has 4 heteroatoms. The highest BCUT2D eigenvalue weighted by Gasteiger charge is 2.67. The molecule has 0 bridgehead atoms. The Bertz CT molecular complexity index is 341. The van der Waals surface area contributed by atoms with Gasteiger partial charge in [-0.05, 0) is 25.7 Å². The third kappa shape index (κ3) is 1.96. The van der Waals surface area contributed by atoms with Crippen LogP contribution in [0.4, 0.5) is 0 Å². The SMILES string of the molecule is CC(NCC1(N)C2CCOC2C1(C)C)C1CCOC1. The van der Waals surface area contributed by atoms with Gasteiger partial charge in [0.1, 0.15) is 0 Å². The zero-order valence-corrected chi connectivity index (χ0v) is 12.4. The molecule has 3 rings (SSSR count). The van der Waals surface area contributed by atoms with Gasteiger partial charge in [-0.1, -0.05) is 13.8 Å². The van der Waals surface area contributed by atoms with Gasteiger partial charge in [0.15, 0.2) is 0 Å². The summed E-state index contributed by atoms with van der Waals surface area (Å²) in [5.41, 5.74) is 6.69. The lowest BCUT2D eigenvalue weighted by Gasteiger charge is -2.62. The van der Waals surface area contributed by atoms with Crippen molar-refractivity contribution in [3.8, 4) is 0 Å². The van der Waals surface area contributed by atoms with Crippen molar-refractivity contribution < 1.29 is 9.47 Å². The second-order valence-corrected chi connectivity index (χ2v) is 7.24. The molecule has 0 aromatic heterocycles. The maximum Gasteiger partial charge on any atom is 0.0691 e. The number of nitrogens with two attached hydrogens (primary N) is 1. The van der Waals surface area contributed by atoms with E-state index in [1.807, 2.05) is 0 Å². The van der Waals surface area contributed by atoms with Gasteiger partial charge >= 0.3 is 0 Å². The van der Waals surface area contributed by atoms with E-state index in [0.29, 0.717) is 24.0 Å². The van der Waals surface area contributed by atoms with Crippen LogP contribution < -0.4 is 11.1 Å². The Labute approximate surface area is 116 Å². The Morgan fingerprint density at radius 3 is 2.79 bits per heavy atom. The minimum Gasteiger partial charge on any atom is -0.381 e. The van der Waals surface area contributed by atoms with E-state index in [1.165, 1.54) is 6.42 Å². The standard InChI is InChI=1S/C15H28N2O2/c1-10(11-4-6-18-8-11)17-9-15(16)12-5-7-19-13(12)14(15,2)3/h10-13,17H,4-9,16H2,1-3H3. The minimum atomic E-state index is -0.123. The van der Waals surface area contributed by atoms with E-state index in [9.17, 15) is 0 Å². The third-order valence-corrected chi connectivity index (χ3v) is 6.05. The highest BCUT2D eigenvalue weighted by molar-refractivity contribution is 5.21. The van der Waals surface area contributed by atoms with Gasteiger partial charge in [-0.25, -0.2) is 0 Å². The molecule has 2 heterocycles. The van der Waals surface area contributed by atoms with Gasteiger partial charge in [0.2, 0.25) is 0 Å². The first-order valence-corrected chi connectivity index (χ1v) is 7.68. The van der Waals surface area contributed by atoms with Crippen LogP contribution in [-0.4, -0.2) is 44.1 Å². The first-order chi connectivity index (χ1) is 8.97. The van der Waals surface area contributed by atoms with Gasteiger partial charge in [0.05, 0.1) is 12.7 Å². The summed E-state index contributed by atoms with van der Waals surface area (Å²) in [5.74, 6) is 1.17. The molecule has 110 valence electrons. The van der Waals surface area contributed by atoms with E-state index in [1.54, 1.807) is 0 Å². The highest BCUT2D eigenvalue weighted by atomic mass is 16.5. The van der Waals surface area contributed by atoms with Crippen molar-refractivity contribution in [2.24, 2.45) is 23.0 Å². The average Bonchev–Trinajstić information content (AvgIpc) is 3.04. The van der Waals surface area contributed by atoms with Crippen LogP contribution in [0.5, 0.6) is 0 Å². The fourth-order valence-electron chi connectivity index (χ4n) is 4.28. The average molecular weight is 268 g/mol. The largest absolute Gasteiger partial charge is 0.381 e. The van der Waals surface area contributed by atoms with Gasteiger partial charge in [-0.3, -0.25) is 0 Å². The number of fused-ring (bicyclic) bond motifs is 1. The predicted molar refractivity (Wildman–Crippen MR) is 74.9 cm³/mol. The van der Waals surface area contributed by atoms with Crippen LogP contribution in [0.3, 0.4) is 0 Å². The van der Waals surface area contributed by atoms with E-state index in [-0.39, 0.29) is 11.0 Å². The zero-order chi connectivity index (χ0) is 13.7. The van der Waals surface area contributed by atoms with Crippen LogP contribution in [0.2, 0.25) is 0 Å². The molecule has 1 saturated carbocycles. The van der Waals surface area contributed by atoms with Gasteiger partial charge in [-0.2, -0.15) is 0 Å². The lowest BCUT2D eigenvalue weighted by molar-refractivity contribution is -0.154. The summed E-state index contributed by atoms with van der Waals surface area (Å²) in [4.78, 5) is 0. The van der Waals surface area contributed by atoms with E-state index in [0.717, 1.165) is 32.8 Å². The number of nitrogens with one attached hydrogen (secondary N) is 1. The molecule has 0 spiro atoms. The van der Waals surface area contributed by atoms with E-state index in [4.69, 9.17) is 15.2 Å². The van der Waals surface area contributed by atoms with Crippen molar-refractivity contribution in [2.45, 2.75) is 51.3 Å². The van der Waals surface area contributed by atoms with Crippen molar-refractivity contribution in [1.82, 2.24) is 5.32 Å². The van der Waals surface area contributed by atoms with Crippen molar-refractivity contribution in [2.75, 3.05) is 26.4 Å². The van der Waals surface area contributed by atoms with Gasteiger partial charge in [0.25, 0.3) is 0 Å². The van der Waals surface area contributed by atoms with Crippen LogP contribution in [-0.2, 0) is 9.47 Å². The monoisotopic (exact) mass is 268 g/mol. The maximum absolute atomic E-state index is 6.74. The molecule has 4 nitrogen and oxygen atoms in total. The first kappa shape index (κ1) is 13.8. The number of hydrogen-bond donors (Lipinski definition) is 2. The number of ether oxygens (including phenoxy) is 2. The topological polar surface area (TPSA) is 56.5 Å². The smallest absolute Gasteiger partial charge is 0.0691 e. The molecule has 0 aromatic rings. The van der Waals surface area contributed by atoms with E-state index < -0.39 is 0 Å². The quantitative estimate of drug-likeness (QED) is 0.803. The number of hydrogen-bond acceptors (Lipinski definition) is 4. The van der Waals surface area contributed by atoms with Gasteiger partial charge < -0.3 is 20.5 Å². The minimum absolute atomic E-state index is 0.0765. The van der Waals surface area contributed by atoms with Crippen molar-refractivity contribution >= 4 is 0 Å². The Balaban J connectivity index is 1.59. The van der Waals surface area contributed by atoms with Crippen LogP contribution >= 0.6 is 0 Å². The molecule has 5 atom stereocenters. The second-order valence-electron chi connectivity index (χ2n) is 7.24. The molecule has 0 aromatic carbocycles. The first-order valence-electron chi connectivity index (χ1n) is 7.68. The molecule has 2 saturated heterocycles. The fourth-order valence-corrected chi connectivity index (χ4v) is 4.28. The van der Waals surface area contributed by atoms with E-state index in [2.05, 4.69) is 26.1 Å². The van der Waals surface area contributed by atoms with Crippen LogP contribution in [0.25, 0.3) is 0 Å². The predicted octanol–water partition coefficient (Wildman–Crippen LogP) is 1.14. The summed E-state index contributed by atoms with van der Waals surface area (Å²) < 4.78 is 11.3. The summed E-state index contributed by atoms with van der Waals surface area (Å²) in [7, 11) is 0. The molecule has 0 radical (unpaired) electrons. The lowest BCUT2D eigenvalue weighted by Crippen LogP contribution is -2.78. The Morgan fingerprint density at radius 1 is 1.32 bits per heavy atom. The summed E-state index contributed by atoms with van der Waals surface area (Å²) >= 11 is 0. The Kier molecular flexibility index (Phi) is 3.41. The summed E-state index contributed by atoms with van der Waals surface area (Å²) in [5, 5.41) is 3.67. The van der Waals surface area contributed by atoms with Crippen molar-refractivity contribution in [3.63, 3.8) is 0 Å². The van der Waals surface area contributed by atoms with E-state index >= 15 is 0 Å². The molecule has 2 aliphatic heterocycles. The zero-order valence-electron chi connectivity index (χ0n) is 12.4. The molecule has 3 fully saturated rings. The maximum atomic E-state index is 6.74.